The van der Waals surface area contributed by atoms with Crippen molar-refractivity contribution < 1.29 is 47.7 Å². The van der Waals surface area contributed by atoms with Crippen molar-refractivity contribution in [2.24, 2.45) is 0 Å². The molecule has 0 unspecified atom stereocenters. The molecule has 1 heterocycles. The topological polar surface area (TPSA) is 135 Å². The van der Waals surface area contributed by atoms with E-state index in [0.29, 0.717) is 39.5 Å². The summed E-state index contributed by atoms with van der Waals surface area (Å²) in [6.07, 6.45) is 2.64. The molecule has 328 valence electrons. The molecular formula is C52H48ClNO10. The van der Waals surface area contributed by atoms with Crippen LogP contribution in [0.2, 0.25) is 0 Å². The fourth-order valence-electron chi connectivity index (χ4n) is 7.10. The number of esters is 3. The maximum absolute atomic E-state index is 13.3. The standard InChI is InChI=1S/C35H35NO5.C17H13ClO5/c1-24(37)40-35-16-13-29(23-33(35)28-5-4-6-32(22-28)39-3)34(38)21-25-7-9-26(10-8-25)27-11-14-30(15-12-27)41-31-17-19-36(2)20-18-31;1-10(19)22-14-5-3-4-12(8-14)15-9-13(17(18)21)6-7-16(15)23-11(2)20/h4-16,22-23,31H,17-21H2,1-3H3;3-9H,1-2H3. The van der Waals surface area contributed by atoms with Crippen LogP contribution in [0.5, 0.6) is 28.7 Å². The minimum atomic E-state index is -0.628. The Balaban J connectivity index is 0.000000251. The number of carbonyl (C=O) groups is 5. The predicted octanol–water partition coefficient (Wildman–Crippen LogP) is 10.4. The Morgan fingerprint density at radius 3 is 1.59 bits per heavy atom. The van der Waals surface area contributed by atoms with E-state index >= 15 is 0 Å². The van der Waals surface area contributed by atoms with Gasteiger partial charge in [0.05, 0.1) is 7.11 Å². The van der Waals surface area contributed by atoms with Crippen LogP contribution in [-0.4, -0.2) is 67.2 Å². The molecule has 0 saturated carbocycles. The fraction of sp³-hybridized carbons (Fsp3) is 0.212. The number of nitrogens with zero attached hydrogens (tertiary/aromatic N) is 1. The lowest BCUT2D eigenvalue weighted by atomic mass is 9.96. The molecule has 0 bridgehead atoms. The highest BCUT2D eigenvalue weighted by atomic mass is 35.5. The van der Waals surface area contributed by atoms with E-state index in [1.54, 1.807) is 49.6 Å². The van der Waals surface area contributed by atoms with Crippen LogP contribution in [-0.2, 0) is 20.8 Å². The summed E-state index contributed by atoms with van der Waals surface area (Å²) in [6.45, 7) is 6.07. The van der Waals surface area contributed by atoms with Gasteiger partial charge in [-0.3, -0.25) is 24.0 Å². The summed E-state index contributed by atoms with van der Waals surface area (Å²) >= 11 is 5.50. The molecule has 1 saturated heterocycles. The third kappa shape index (κ3) is 13.0. The first-order valence-electron chi connectivity index (χ1n) is 20.6. The number of ketones is 1. The summed E-state index contributed by atoms with van der Waals surface area (Å²) < 4.78 is 27.2. The molecule has 6 aromatic carbocycles. The second-order valence-corrected chi connectivity index (χ2v) is 15.5. The van der Waals surface area contributed by atoms with Crippen molar-refractivity contribution in [3.05, 3.63) is 150 Å². The summed E-state index contributed by atoms with van der Waals surface area (Å²) in [7, 11) is 3.74. The molecule has 0 amide bonds. The Morgan fingerprint density at radius 1 is 0.562 bits per heavy atom. The largest absolute Gasteiger partial charge is 0.497 e. The average molecular weight is 882 g/mol. The van der Waals surface area contributed by atoms with E-state index in [1.165, 1.54) is 39.0 Å². The number of rotatable bonds is 13. The fourth-order valence-corrected chi connectivity index (χ4v) is 7.22. The number of methoxy groups -OCH3 is 1. The number of ether oxygens (including phenoxy) is 5. The highest BCUT2D eigenvalue weighted by Gasteiger charge is 2.19. The average Bonchev–Trinajstić information content (AvgIpc) is 3.27. The van der Waals surface area contributed by atoms with Gasteiger partial charge in [-0.15, -0.1) is 0 Å². The summed E-state index contributed by atoms with van der Waals surface area (Å²) in [5.74, 6) is 1.20. The first-order chi connectivity index (χ1) is 30.7. The molecule has 0 radical (unpaired) electrons. The second-order valence-electron chi connectivity index (χ2n) is 15.2. The van der Waals surface area contributed by atoms with Gasteiger partial charge >= 0.3 is 17.9 Å². The molecule has 0 aromatic heterocycles. The van der Waals surface area contributed by atoms with E-state index < -0.39 is 23.2 Å². The molecule has 0 N–H and O–H groups in total. The van der Waals surface area contributed by atoms with Crippen LogP contribution < -0.4 is 23.7 Å². The number of likely N-dealkylation sites (tertiary alicyclic amines) is 1. The second kappa shape index (κ2) is 21.8. The molecular weight excluding hydrogens is 834 g/mol. The summed E-state index contributed by atoms with van der Waals surface area (Å²) in [6, 6.07) is 40.0. The minimum Gasteiger partial charge on any atom is -0.497 e. The van der Waals surface area contributed by atoms with Crippen molar-refractivity contribution in [2.45, 2.75) is 46.1 Å². The molecule has 1 aliphatic heterocycles. The highest BCUT2D eigenvalue weighted by Crippen LogP contribution is 2.35. The van der Waals surface area contributed by atoms with Crippen molar-refractivity contribution in [2.75, 3.05) is 27.2 Å². The van der Waals surface area contributed by atoms with Crippen molar-refractivity contribution in [1.29, 1.82) is 0 Å². The van der Waals surface area contributed by atoms with Gasteiger partial charge in [0.1, 0.15) is 34.9 Å². The number of piperidine rings is 1. The van der Waals surface area contributed by atoms with Gasteiger partial charge in [0.2, 0.25) is 0 Å². The Kier molecular flexibility index (Phi) is 15.8. The number of hydrogen-bond acceptors (Lipinski definition) is 11. The maximum atomic E-state index is 13.3. The Labute approximate surface area is 377 Å². The van der Waals surface area contributed by atoms with E-state index in [4.69, 9.17) is 35.3 Å². The van der Waals surface area contributed by atoms with Gasteiger partial charge in [0, 0.05) is 62.5 Å². The molecule has 0 atom stereocenters. The molecule has 1 fully saturated rings. The monoisotopic (exact) mass is 881 g/mol. The minimum absolute atomic E-state index is 0.0216. The van der Waals surface area contributed by atoms with Crippen LogP contribution in [0.3, 0.4) is 0 Å². The molecule has 1 aliphatic rings. The molecule has 11 nitrogen and oxygen atoms in total. The van der Waals surface area contributed by atoms with E-state index in [0.717, 1.165) is 53.9 Å². The molecule has 64 heavy (non-hydrogen) atoms. The number of carbonyl (C=O) groups excluding carboxylic acids is 5. The normalized spacial score (nSPS) is 12.5. The smallest absolute Gasteiger partial charge is 0.308 e. The van der Waals surface area contributed by atoms with Crippen LogP contribution >= 0.6 is 11.6 Å². The zero-order valence-corrected chi connectivity index (χ0v) is 37.0. The van der Waals surface area contributed by atoms with Crippen LogP contribution in [0.25, 0.3) is 33.4 Å². The van der Waals surface area contributed by atoms with Crippen LogP contribution in [0.15, 0.2) is 133 Å². The molecule has 7 rings (SSSR count). The molecule has 0 aliphatic carbocycles. The Morgan fingerprint density at radius 2 is 1.06 bits per heavy atom. The number of Topliss-reactive ketones (excluding diaryl/α,β-unsaturated/α-hetero) is 1. The van der Waals surface area contributed by atoms with Gasteiger partial charge in [-0.2, -0.15) is 0 Å². The van der Waals surface area contributed by atoms with Gasteiger partial charge in [-0.1, -0.05) is 60.7 Å². The van der Waals surface area contributed by atoms with E-state index in [-0.39, 0.29) is 29.6 Å². The lowest BCUT2D eigenvalue weighted by molar-refractivity contribution is -0.132. The SMILES string of the molecule is CC(=O)Oc1cccc(-c2cc(C(=O)Cl)ccc2OC(C)=O)c1.COc1cccc(-c2cc(C(=O)Cc3ccc(-c4ccc(OC5CCN(C)CC5)cc4)cc3)ccc2OC(C)=O)c1. The zero-order chi connectivity index (χ0) is 45.8. The van der Waals surface area contributed by atoms with Crippen molar-refractivity contribution in [1.82, 2.24) is 4.90 Å². The number of hydrogen-bond donors (Lipinski definition) is 0. The van der Waals surface area contributed by atoms with E-state index in [2.05, 4.69) is 24.1 Å². The molecule has 6 aromatic rings. The van der Waals surface area contributed by atoms with Crippen molar-refractivity contribution in [3.8, 4) is 62.1 Å². The maximum Gasteiger partial charge on any atom is 0.308 e. The highest BCUT2D eigenvalue weighted by molar-refractivity contribution is 6.67. The quantitative estimate of drug-likeness (QED) is 0.0475. The number of halogens is 1. The summed E-state index contributed by atoms with van der Waals surface area (Å²) in [4.78, 5) is 61.0. The van der Waals surface area contributed by atoms with Crippen LogP contribution in [0.4, 0.5) is 0 Å². The molecule has 12 heteroatoms. The molecule has 0 spiro atoms. The van der Waals surface area contributed by atoms with Gasteiger partial charge in [-0.05, 0) is 132 Å². The summed E-state index contributed by atoms with van der Waals surface area (Å²) in [5, 5.41) is -0.628. The summed E-state index contributed by atoms with van der Waals surface area (Å²) in [5.41, 5.74) is 6.46. The van der Waals surface area contributed by atoms with Gasteiger partial charge in [0.15, 0.2) is 5.78 Å². The lowest BCUT2D eigenvalue weighted by Gasteiger charge is -2.29. The number of benzene rings is 6. The van der Waals surface area contributed by atoms with Crippen molar-refractivity contribution >= 4 is 40.5 Å². The first-order valence-corrected chi connectivity index (χ1v) is 21.0. The first kappa shape index (κ1) is 46.4. The van der Waals surface area contributed by atoms with Crippen LogP contribution in [0.1, 0.15) is 59.9 Å². The third-order valence-electron chi connectivity index (χ3n) is 10.3. The van der Waals surface area contributed by atoms with Crippen molar-refractivity contribution in [3.63, 3.8) is 0 Å². The van der Waals surface area contributed by atoms with Crippen LogP contribution in [0, 0.1) is 0 Å². The Bertz CT molecular complexity index is 2630. The van der Waals surface area contributed by atoms with E-state index in [9.17, 15) is 24.0 Å². The van der Waals surface area contributed by atoms with E-state index in [1.807, 2.05) is 60.7 Å². The lowest BCUT2D eigenvalue weighted by Crippen LogP contribution is -2.35. The third-order valence-corrected chi connectivity index (χ3v) is 10.5. The zero-order valence-electron chi connectivity index (χ0n) is 36.2. The van der Waals surface area contributed by atoms with Gasteiger partial charge < -0.3 is 28.6 Å². The van der Waals surface area contributed by atoms with Gasteiger partial charge in [0.25, 0.3) is 5.24 Å². The Hall–Kier alpha value is -7.08. The predicted molar refractivity (Wildman–Crippen MR) is 245 cm³/mol. The van der Waals surface area contributed by atoms with Gasteiger partial charge in [-0.25, -0.2) is 0 Å².